The Balaban J connectivity index is 1.94. The maximum Gasteiger partial charge on any atom is 0.163 e. The van der Waals surface area contributed by atoms with Crippen LogP contribution in [0.25, 0.3) is 0 Å². The van der Waals surface area contributed by atoms with Crippen molar-refractivity contribution in [2.24, 2.45) is 0 Å². The molecular formula is C13H15N3O3. The molecule has 0 unspecified atom stereocenters. The van der Waals surface area contributed by atoms with Gasteiger partial charge in [0.25, 0.3) is 0 Å². The Kier molecular flexibility index (Phi) is 4.25. The number of hydrogen-bond donors (Lipinski definition) is 1. The zero-order chi connectivity index (χ0) is 13.7. The van der Waals surface area contributed by atoms with Crippen LogP contribution in [0, 0.1) is 0 Å². The molecule has 6 heteroatoms. The highest BCUT2D eigenvalue weighted by Crippen LogP contribution is 2.18. The molecule has 0 bridgehead atoms. The van der Waals surface area contributed by atoms with Crippen LogP contribution in [0.3, 0.4) is 0 Å². The number of rotatable bonds is 6. The van der Waals surface area contributed by atoms with Crippen LogP contribution in [0.2, 0.25) is 0 Å². The molecule has 0 aliphatic heterocycles. The Labute approximate surface area is 110 Å². The third-order valence-electron chi connectivity index (χ3n) is 2.59. The Hall–Kier alpha value is -2.21. The van der Waals surface area contributed by atoms with Gasteiger partial charge in [0.05, 0.1) is 24.9 Å². The molecule has 0 atom stereocenters. The molecule has 0 spiro atoms. The van der Waals surface area contributed by atoms with Gasteiger partial charge in [0, 0.05) is 0 Å². The van der Waals surface area contributed by atoms with Crippen molar-refractivity contribution in [1.29, 1.82) is 0 Å². The molecule has 1 aromatic carbocycles. The smallest absolute Gasteiger partial charge is 0.163 e. The molecule has 0 saturated heterocycles. The summed E-state index contributed by atoms with van der Waals surface area (Å²) in [6.07, 6.45) is 1.65. The van der Waals surface area contributed by atoms with Crippen molar-refractivity contribution in [2.75, 3.05) is 6.61 Å². The molecule has 0 radical (unpaired) electrons. The summed E-state index contributed by atoms with van der Waals surface area (Å²) in [6.45, 7) is 2.25. The van der Waals surface area contributed by atoms with Crippen LogP contribution in [-0.4, -0.2) is 32.5 Å². The number of para-hydroxylation sites is 1. The van der Waals surface area contributed by atoms with E-state index in [0.29, 0.717) is 30.2 Å². The molecule has 1 aromatic heterocycles. The SMILES string of the molecule is CC(=O)c1ccccc1OCCn1cc(CO)nn1. The first-order chi connectivity index (χ1) is 9.20. The van der Waals surface area contributed by atoms with Crippen LogP contribution in [0.4, 0.5) is 0 Å². The number of Topliss-reactive ketones (excluding diaryl/α,β-unsaturated/α-hetero) is 1. The summed E-state index contributed by atoms with van der Waals surface area (Å²) in [7, 11) is 0. The van der Waals surface area contributed by atoms with Crippen molar-refractivity contribution >= 4 is 5.78 Å². The molecule has 1 heterocycles. The Morgan fingerprint density at radius 1 is 1.42 bits per heavy atom. The Morgan fingerprint density at radius 2 is 2.21 bits per heavy atom. The minimum Gasteiger partial charge on any atom is -0.491 e. The number of aliphatic hydroxyl groups is 1. The summed E-state index contributed by atoms with van der Waals surface area (Å²) in [4.78, 5) is 11.4. The van der Waals surface area contributed by atoms with Gasteiger partial charge < -0.3 is 9.84 Å². The van der Waals surface area contributed by atoms with E-state index in [1.165, 1.54) is 6.92 Å². The topological polar surface area (TPSA) is 77.2 Å². The van der Waals surface area contributed by atoms with Gasteiger partial charge in [-0.25, -0.2) is 4.68 Å². The van der Waals surface area contributed by atoms with Gasteiger partial charge in [-0.1, -0.05) is 17.3 Å². The minimum atomic E-state index is -0.131. The number of carbonyl (C=O) groups is 1. The Morgan fingerprint density at radius 3 is 2.89 bits per heavy atom. The predicted octanol–water partition coefficient (Wildman–Crippen LogP) is 1.05. The number of hydrogen-bond acceptors (Lipinski definition) is 5. The van der Waals surface area contributed by atoms with Gasteiger partial charge in [-0.15, -0.1) is 5.10 Å². The van der Waals surface area contributed by atoms with Gasteiger partial charge in [0.15, 0.2) is 5.78 Å². The molecule has 100 valence electrons. The highest BCUT2D eigenvalue weighted by molar-refractivity contribution is 5.96. The van der Waals surface area contributed by atoms with Crippen molar-refractivity contribution in [3.05, 3.63) is 41.7 Å². The number of carbonyl (C=O) groups excluding carboxylic acids is 1. The molecule has 0 aliphatic rings. The number of aromatic nitrogens is 3. The second kappa shape index (κ2) is 6.10. The van der Waals surface area contributed by atoms with E-state index in [4.69, 9.17) is 9.84 Å². The van der Waals surface area contributed by atoms with Crippen molar-refractivity contribution in [3.8, 4) is 5.75 Å². The highest BCUT2D eigenvalue weighted by atomic mass is 16.5. The summed E-state index contributed by atoms with van der Waals surface area (Å²) >= 11 is 0. The quantitative estimate of drug-likeness (QED) is 0.786. The average Bonchev–Trinajstić information content (AvgIpc) is 2.87. The third-order valence-corrected chi connectivity index (χ3v) is 2.59. The van der Waals surface area contributed by atoms with Gasteiger partial charge in [-0.05, 0) is 19.1 Å². The second-order valence-electron chi connectivity index (χ2n) is 4.03. The number of nitrogens with zero attached hydrogens (tertiary/aromatic N) is 3. The fraction of sp³-hybridized carbons (Fsp3) is 0.308. The molecule has 2 rings (SSSR count). The molecule has 0 fully saturated rings. The predicted molar refractivity (Wildman–Crippen MR) is 67.9 cm³/mol. The summed E-state index contributed by atoms with van der Waals surface area (Å²) in [5.74, 6) is 0.538. The first-order valence-corrected chi connectivity index (χ1v) is 5.93. The average molecular weight is 261 g/mol. The van der Waals surface area contributed by atoms with E-state index in [2.05, 4.69) is 10.3 Å². The summed E-state index contributed by atoms with van der Waals surface area (Å²) in [6, 6.07) is 7.11. The van der Waals surface area contributed by atoms with Crippen molar-refractivity contribution in [3.63, 3.8) is 0 Å². The van der Waals surface area contributed by atoms with E-state index >= 15 is 0 Å². The van der Waals surface area contributed by atoms with E-state index < -0.39 is 0 Å². The third kappa shape index (κ3) is 3.38. The van der Waals surface area contributed by atoms with E-state index in [-0.39, 0.29) is 12.4 Å². The fourth-order valence-electron chi connectivity index (χ4n) is 1.65. The van der Waals surface area contributed by atoms with Crippen LogP contribution in [0.5, 0.6) is 5.75 Å². The van der Waals surface area contributed by atoms with Crippen LogP contribution in [-0.2, 0) is 13.2 Å². The lowest BCUT2D eigenvalue weighted by Gasteiger charge is -2.09. The van der Waals surface area contributed by atoms with Gasteiger partial charge >= 0.3 is 0 Å². The molecule has 1 N–H and O–H groups in total. The fourth-order valence-corrected chi connectivity index (χ4v) is 1.65. The van der Waals surface area contributed by atoms with Gasteiger partial charge in [-0.2, -0.15) is 0 Å². The molecule has 2 aromatic rings. The van der Waals surface area contributed by atoms with Crippen LogP contribution in [0.1, 0.15) is 23.0 Å². The van der Waals surface area contributed by atoms with Crippen molar-refractivity contribution < 1.29 is 14.6 Å². The standard InChI is InChI=1S/C13H15N3O3/c1-10(18)12-4-2-3-5-13(12)19-7-6-16-8-11(9-17)14-15-16/h2-5,8,17H,6-7,9H2,1H3. The minimum absolute atomic E-state index is 0.0288. The Bertz CT molecular complexity index is 566. The lowest BCUT2D eigenvalue weighted by atomic mass is 10.1. The zero-order valence-corrected chi connectivity index (χ0v) is 10.6. The lowest BCUT2D eigenvalue weighted by Crippen LogP contribution is -2.10. The number of benzene rings is 1. The molecule has 19 heavy (non-hydrogen) atoms. The number of ether oxygens (including phenoxy) is 1. The monoisotopic (exact) mass is 261 g/mol. The van der Waals surface area contributed by atoms with Gasteiger partial charge in [0.2, 0.25) is 0 Å². The summed E-state index contributed by atoms with van der Waals surface area (Å²) in [5.41, 5.74) is 1.08. The number of aliphatic hydroxyl groups excluding tert-OH is 1. The zero-order valence-electron chi connectivity index (χ0n) is 10.6. The molecular weight excluding hydrogens is 246 g/mol. The first kappa shape index (κ1) is 13.2. The van der Waals surface area contributed by atoms with E-state index in [1.54, 1.807) is 29.1 Å². The molecule has 0 aliphatic carbocycles. The van der Waals surface area contributed by atoms with E-state index in [1.807, 2.05) is 6.07 Å². The maximum atomic E-state index is 11.4. The van der Waals surface area contributed by atoms with Crippen LogP contribution < -0.4 is 4.74 Å². The molecule has 6 nitrogen and oxygen atoms in total. The van der Waals surface area contributed by atoms with Crippen molar-refractivity contribution in [1.82, 2.24) is 15.0 Å². The lowest BCUT2D eigenvalue weighted by molar-refractivity contribution is 0.101. The highest BCUT2D eigenvalue weighted by Gasteiger charge is 2.07. The number of ketones is 1. The summed E-state index contributed by atoms with van der Waals surface area (Å²) in [5, 5.41) is 16.5. The maximum absolute atomic E-state index is 11.4. The van der Waals surface area contributed by atoms with Gasteiger partial charge in [0.1, 0.15) is 18.1 Å². The first-order valence-electron chi connectivity index (χ1n) is 5.93. The van der Waals surface area contributed by atoms with Crippen LogP contribution in [0.15, 0.2) is 30.5 Å². The van der Waals surface area contributed by atoms with Crippen LogP contribution >= 0.6 is 0 Å². The normalized spacial score (nSPS) is 10.4. The molecule has 0 amide bonds. The van der Waals surface area contributed by atoms with E-state index in [9.17, 15) is 4.79 Å². The van der Waals surface area contributed by atoms with Gasteiger partial charge in [-0.3, -0.25) is 4.79 Å². The summed E-state index contributed by atoms with van der Waals surface area (Å²) < 4.78 is 7.16. The van der Waals surface area contributed by atoms with E-state index in [0.717, 1.165) is 0 Å². The second-order valence-corrected chi connectivity index (χ2v) is 4.03. The molecule has 0 saturated carbocycles. The van der Waals surface area contributed by atoms with Crippen molar-refractivity contribution in [2.45, 2.75) is 20.1 Å². The largest absolute Gasteiger partial charge is 0.491 e.